The Labute approximate surface area is 136 Å². The van der Waals surface area contributed by atoms with Crippen molar-refractivity contribution >= 4 is 21.8 Å². The molecule has 0 aliphatic rings. The molecule has 0 spiro atoms. The highest BCUT2D eigenvalue weighted by atomic mass is 15.0. The molecule has 0 saturated carbocycles. The lowest BCUT2D eigenvalue weighted by atomic mass is 9.98. The van der Waals surface area contributed by atoms with E-state index in [0.717, 1.165) is 0 Å². The molecule has 1 unspecified atom stereocenters. The van der Waals surface area contributed by atoms with Gasteiger partial charge in [0.15, 0.2) is 0 Å². The van der Waals surface area contributed by atoms with E-state index in [1.165, 1.54) is 39.5 Å². The van der Waals surface area contributed by atoms with E-state index >= 15 is 0 Å². The van der Waals surface area contributed by atoms with Gasteiger partial charge in [0.05, 0.1) is 11.0 Å². The Morgan fingerprint density at radius 1 is 0.913 bits per heavy atom. The molecule has 0 aliphatic carbocycles. The SMILES string of the molecule is CCC(C)c1ccc(-n2c3ccccc3c3cnccc32)cc1. The number of nitrogens with zero attached hydrogens (tertiary/aromatic N) is 2. The normalized spacial score (nSPS) is 12.8. The predicted octanol–water partition coefficient (Wildman–Crippen LogP) is 5.69. The van der Waals surface area contributed by atoms with Crippen LogP contribution >= 0.6 is 0 Å². The van der Waals surface area contributed by atoms with Gasteiger partial charge in [0.1, 0.15) is 0 Å². The average molecular weight is 300 g/mol. The second-order valence-electron chi connectivity index (χ2n) is 6.15. The van der Waals surface area contributed by atoms with Crippen LogP contribution in [0.15, 0.2) is 67.0 Å². The number of hydrogen-bond acceptors (Lipinski definition) is 1. The van der Waals surface area contributed by atoms with Gasteiger partial charge in [-0.3, -0.25) is 4.98 Å². The van der Waals surface area contributed by atoms with Crippen LogP contribution < -0.4 is 0 Å². The summed E-state index contributed by atoms with van der Waals surface area (Å²) in [6, 6.07) is 19.6. The molecule has 0 saturated heterocycles. The zero-order chi connectivity index (χ0) is 15.8. The number of benzene rings is 2. The van der Waals surface area contributed by atoms with Gasteiger partial charge in [0.25, 0.3) is 0 Å². The topological polar surface area (TPSA) is 17.8 Å². The molecule has 2 heteroatoms. The van der Waals surface area contributed by atoms with E-state index in [1.54, 1.807) is 0 Å². The molecule has 23 heavy (non-hydrogen) atoms. The molecule has 2 nitrogen and oxygen atoms in total. The lowest BCUT2D eigenvalue weighted by Gasteiger charge is -2.12. The van der Waals surface area contributed by atoms with Crippen LogP contribution in [0.5, 0.6) is 0 Å². The van der Waals surface area contributed by atoms with Crippen LogP contribution in [-0.4, -0.2) is 9.55 Å². The fourth-order valence-corrected chi connectivity index (χ4v) is 3.28. The smallest absolute Gasteiger partial charge is 0.0571 e. The fraction of sp³-hybridized carbons (Fsp3) is 0.190. The molecule has 4 rings (SSSR count). The van der Waals surface area contributed by atoms with Crippen molar-refractivity contribution in [3.8, 4) is 5.69 Å². The highest BCUT2D eigenvalue weighted by Crippen LogP contribution is 2.31. The first kappa shape index (κ1) is 14.0. The van der Waals surface area contributed by atoms with E-state index < -0.39 is 0 Å². The van der Waals surface area contributed by atoms with Gasteiger partial charge in [-0.1, -0.05) is 44.2 Å². The maximum absolute atomic E-state index is 4.31. The molecule has 114 valence electrons. The summed E-state index contributed by atoms with van der Waals surface area (Å²) in [5, 5.41) is 2.45. The van der Waals surface area contributed by atoms with E-state index in [0.29, 0.717) is 5.92 Å². The summed E-state index contributed by atoms with van der Waals surface area (Å²) < 4.78 is 2.33. The van der Waals surface area contributed by atoms with Crippen molar-refractivity contribution in [2.45, 2.75) is 26.2 Å². The van der Waals surface area contributed by atoms with Gasteiger partial charge in [-0.25, -0.2) is 0 Å². The molecule has 0 fully saturated rings. The zero-order valence-electron chi connectivity index (χ0n) is 13.5. The Bertz CT molecular complexity index is 911. The van der Waals surface area contributed by atoms with Crippen molar-refractivity contribution in [1.82, 2.24) is 9.55 Å². The minimum absolute atomic E-state index is 0.603. The average Bonchev–Trinajstić information content (AvgIpc) is 2.96. The lowest BCUT2D eigenvalue weighted by molar-refractivity contribution is 0.733. The summed E-state index contributed by atoms with van der Waals surface area (Å²) >= 11 is 0. The number of pyridine rings is 1. The summed E-state index contributed by atoms with van der Waals surface area (Å²) in [5.41, 5.74) is 5.04. The van der Waals surface area contributed by atoms with Crippen molar-refractivity contribution in [3.63, 3.8) is 0 Å². The van der Waals surface area contributed by atoms with Gasteiger partial charge in [-0.05, 0) is 42.2 Å². The third kappa shape index (κ3) is 2.22. The Morgan fingerprint density at radius 2 is 1.65 bits per heavy atom. The van der Waals surface area contributed by atoms with Crippen molar-refractivity contribution < 1.29 is 0 Å². The van der Waals surface area contributed by atoms with E-state index in [1.807, 2.05) is 12.4 Å². The van der Waals surface area contributed by atoms with Crippen LogP contribution in [0.3, 0.4) is 0 Å². The number of aromatic nitrogens is 2. The molecule has 2 aromatic carbocycles. The maximum Gasteiger partial charge on any atom is 0.0571 e. The van der Waals surface area contributed by atoms with Crippen molar-refractivity contribution in [1.29, 1.82) is 0 Å². The molecule has 2 aromatic heterocycles. The highest BCUT2D eigenvalue weighted by Gasteiger charge is 2.12. The van der Waals surface area contributed by atoms with Gasteiger partial charge >= 0.3 is 0 Å². The minimum atomic E-state index is 0.603. The Hall–Kier alpha value is -2.61. The van der Waals surface area contributed by atoms with E-state index in [9.17, 15) is 0 Å². The predicted molar refractivity (Wildman–Crippen MR) is 97.3 cm³/mol. The van der Waals surface area contributed by atoms with Crippen LogP contribution in [0.25, 0.3) is 27.5 Å². The van der Waals surface area contributed by atoms with E-state index in [4.69, 9.17) is 0 Å². The molecular weight excluding hydrogens is 280 g/mol. The second-order valence-corrected chi connectivity index (χ2v) is 6.15. The molecule has 0 aliphatic heterocycles. The monoisotopic (exact) mass is 300 g/mol. The Morgan fingerprint density at radius 3 is 2.43 bits per heavy atom. The van der Waals surface area contributed by atoms with Gasteiger partial charge < -0.3 is 4.57 Å². The Balaban J connectivity index is 1.97. The number of hydrogen-bond donors (Lipinski definition) is 0. The van der Waals surface area contributed by atoms with Crippen LogP contribution in [0.4, 0.5) is 0 Å². The summed E-state index contributed by atoms with van der Waals surface area (Å²) in [6.45, 7) is 4.51. The molecule has 4 aromatic rings. The summed E-state index contributed by atoms with van der Waals surface area (Å²) in [7, 11) is 0. The van der Waals surface area contributed by atoms with Crippen LogP contribution in [0.2, 0.25) is 0 Å². The molecule has 1 atom stereocenters. The first-order chi connectivity index (χ1) is 11.3. The van der Waals surface area contributed by atoms with Crippen LogP contribution in [-0.2, 0) is 0 Å². The summed E-state index contributed by atoms with van der Waals surface area (Å²) in [4.78, 5) is 4.31. The largest absolute Gasteiger partial charge is 0.309 e. The molecule has 0 bridgehead atoms. The van der Waals surface area contributed by atoms with Crippen LogP contribution in [0.1, 0.15) is 31.7 Å². The first-order valence-electron chi connectivity index (χ1n) is 8.23. The second kappa shape index (κ2) is 5.54. The molecular formula is C21H20N2. The van der Waals surface area contributed by atoms with Gasteiger partial charge in [0, 0.05) is 28.9 Å². The van der Waals surface area contributed by atoms with Gasteiger partial charge in [0.2, 0.25) is 0 Å². The maximum atomic E-state index is 4.31. The molecule has 2 heterocycles. The minimum Gasteiger partial charge on any atom is -0.309 e. The van der Waals surface area contributed by atoms with Crippen LogP contribution in [0, 0.1) is 0 Å². The highest BCUT2D eigenvalue weighted by molar-refractivity contribution is 6.08. The van der Waals surface area contributed by atoms with E-state index in [2.05, 4.69) is 78.0 Å². The van der Waals surface area contributed by atoms with Crippen molar-refractivity contribution in [3.05, 3.63) is 72.6 Å². The standard InChI is InChI=1S/C21H20N2/c1-3-15(2)16-8-10-17(11-9-16)23-20-7-5-4-6-18(20)19-14-22-13-12-21(19)23/h4-15H,3H2,1-2H3. The summed E-state index contributed by atoms with van der Waals surface area (Å²) in [5.74, 6) is 0.603. The fourth-order valence-electron chi connectivity index (χ4n) is 3.28. The zero-order valence-corrected chi connectivity index (χ0v) is 13.5. The van der Waals surface area contributed by atoms with E-state index in [-0.39, 0.29) is 0 Å². The molecule has 0 amide bonds. The quantitative estimate of drug-likeness (QED) is 0.475. The first-order valence-corrected chi connectivity index (χ1v) is 8.23. The lowest BCUT2D eigenvalue weighted by Crippen LogP contribution is -1.96. The number of para-hydroxylation sites is 1. The third-order valence-electron chi connectivity index (χ3n) is 4.81. The van der Waals surface area contributed by atoms with Gasteiger partial charge in [-0.2, -0.15) is 0 Å². The molecule has 0 N–H and O–H groups in total. The summed E-state index contributed by atoms with van der Waals surface area (Å²) in [6.07, 6.45) is 4.99. The Kier molecular flexibility index (Phi) is 3.38. The number of rotatable bonds is 3. The van der Waals surface area contributed by atoms with Crippen molar-refractivity contribution in [2.24, 2.45) is 0 Å². The number of fused-ring (bicyclic) bond motifs is 3. The van der Waals surface area contributed by atoms with Crippen molar-refractivity contribution in [2.75, 3.05) is 0 Å². The van der Waals surface area contributed by atoms with Gasteiger partial charge in [-0.15, -0.1) is 0 Å². The molecule has 0 radical (unpaired) electrons. The third-order valence-corrected chi connectivity index (χ3v) is 4.81.